The van der Waals surface area contributed by atoms with Crippen LogP contribution in [0, 0.1) is 21.3 Å². The zero-order valence-corrected chi connectivity index (χ0v) is 20.1. The minimum Gasteiger partial charge on any atom is -0.504 e. The predicted molar refractivity (Wildman–Crippen MR) is 123 cm³/mol. The van der Waals surface area contributed by atoms with Crippen LogP contribution in [0.5, 0.6) is 11.5 Å². The van der Waals surface area contributed by atoms with Crippen molar-refractivity contribution in [2.24, 2.45) is 17.8 Å². The first-order valence-corrected chi connectivity index (χ1v) is 11.9. The van der Waals surface area contributed by atoms with Crippen LogP contribution in [-0.2, 0) is 14.2 Å². The lowest BCUT2D eigenvalue weighted by atomic mass is 9.55. The van der Waals surface area contributed by atoms with Gasteiger partial charge < -0.3 is 19.5 Å². The molecule has 2 amide bonds. The summed E-state index contributed by atoms with van der Waals surface area (Å²) in [4.78, 5) is 27.7. The summed E-state index contributed by atoms with van der Waals surface area (Å²) in [5, 5.41) is 21.1. The highest BCUT2D eigenvalue weighted by Crippen LogP contribution is 2.52. The quantitative estimate of drug-likeness (QED) is 0.339. The second kappa shape index (κ2) is 8.75. The van der Waals surface area contributed by atoms with E-state index in [0.29, 0.717) is 35.1 Å². The van der Waals surface area contributed by atoms with Gasteiger partial charge in [-0.25, -0.2) is 0 Å². The van der Waals surface area contributed by atoms with Crippen molar-refractivity contribution in [3.8, 4) is 11.5 Å². The molecule has 1 aliphatic carbocycles. The van der Waals surface area contributed by atoms with Gasteiger partial charge in [0.1, 0.15) is 0 Å². The molecule has 9 heteroatoms. The Morgan fingerprint density at radius 3 is 2.65 bits per heavy atom. The maximum Gasteiger partial charge on any atom is 0.487 e. The van der Waals surface area contributed by atoms with E-state index in [2.05, 4.69) is 0 Å². The number of phenolic OH excluding ortho intramolecular Hbond substituents is 1. The third kappa shape index (κ3) is 3.68. The summed E-state index contributed by atoms with van der Waals surface area (Å²) >= 11 is 2.03. The number of hydrogen-bond acceptors (Lipinski definition) is 6. The SMILES string of the molecule is CCCN1C(=O)[C@H]2[C@H](CC(CC)=C3B(O)O[C@H](c4cc(I)c(O)c(OC)c4)C[C@H]32)C1=O. The van der Waals surface area contributed by atoms with Crippen molar-refractivity contribution in [3.63, 3.8) is 0 Å². The summed E-state index contributed by atoms with van der Waals surface area (Å²) in [5.41, 5.74) is 2.56. The molecule has 2 N–H and O–H groups in total. The maximum atomic E-state index is 13.2. The summed E-state index contributed by atoms with van der Waals surface area (Å²) in [6, 6.07) is 3.51. The molecule has 7 nitrogen and oxygen atoms in total. The highest BCUT2D eigenvalue weighted by molar-refractivity contribution is 14.1. The van der Waals surface area contributed by atoms with Gasteiger partial charge >= 0.3 is 7.12 Å². The van der Waals surface area contributed by atoms with E-state index in [1.807, 2.05) is 36.4 Å². The first-order valence-electron chi connectivity index (χ1n) is 10.8. The summed E-state index contributed by atoms with van der Waals surface area (Å²) in [7, 11) is 0.358. The number of carbonyl (C=O) groups is 2. The van der Waals surface area contributed by atoms with Crippen LogP contribution in [-0.4, -0.2) is 47.6 Å². The fourth-order valence-corrected chi connectivity index (χ4v) is 6.03. The van der Waals surface area contributed by atoms with Crippen molar-refractivity contribution in [1.29, 1.82) is 0 Å². The standard InChI is InChI=1S/C22H27BINO6/c1-4-6-25-21(27)14-7-11(5-2)19-13(18(14)22(25)28)10-16(31-23(19)29)12-8-15(24)20(26)17(9-12)30-3/h8-9,13-14,16,18,26,29H,4-7,10H2,1-3H3/t13-,14-,16-,18+/m0/s1. The fourth-order valence-electron chi connectivity index (χ4n) is 5.41. The average Bonchev–Trinajstić information content (AvgIpc) is 2.99. The van der Waals surface area contributed by atoms with Gasteiger partial charge in [-0.15, -0.1) is 0 Å². The molecular weight excluding hydrogens is 512 g/mol. The zero-order valence-electron chi connectivity index (χ0n) is 17.9. The van der Waals surface area contributed by atoms with Crippen molar-refractivity contribution in [1.82, 2.24) is 4.90 Å². The van der Waals surface area contributed by atoms with Gasteiger partial charge in [0.15, 0.2) is 11.5 Å². The Hall–Kier alpha value is -1.59. The fraction of sp³-hybridized carbons (Fsp3) is 0.545. The van der Waals surface area contributed by atoms with E-state index in [0.717, 1.165) is 23.0 Å². The maximum absolute atomic E-state index is 13.2. The Kier molecular flexibility index (Phi) is 6.38. The average molecular weight is 539 g/mol. The first-order chi connectivity index (χ1) is 14.8. The summed E-state index contributed by atoms with van der Waals surface area (Å²) in [5.74, 6) is -0.884. The minimum absolute atomic E-state index is 0.0570. The van der Waals surface area contributed by atoms with E-state index in [1.165, 1.54) is 12.0 Å². The lowest BCUT2D eigenvalue weighted by Gasteiger charge is -2.42. The number of methoxy groups -OCH3 is 1. The van der Waals surface area contributed by atoms with Gasteiger partial charge in [0.05, 0.1) is 28.6 Å². The van der Waals surface area contributed by atoms with E-state index in [-0.39, 0.29) is 29.4 Å². The van der Waals surface area contributed by atoms with Crippen molar-refractivity contribution in [3.05, 3.63) is 32.3 Å². The van der Waals surface area contributed by atoms with E-state index in [4.69, 9.17) is 9.39 Å². The summed E-state index contributed by atoms with van der Waals surface area (Å²) in [6.07, 6.45) is 1.95. The lowest BCUT2D eigenvalue weighted by molar-refractivity contribution is -0.140. The molecule has 2 fully saturated rings. The normalized spacial score (nSPS) is 28.2. The van der Waals surface area contributed by atoms with E-state index < -0.39 is 19.1 Å². The molecule has 3 aliphatic rings. The van der Waals surface area contributed by atoms with Crippen molar-refractivity contribution in [2.45, 2.75) is 45.6 Å². The molecule has 0 unspecified atom stereocenters. The molecule has 31 heavy (non-hydrogen) atoms. The van der Waals surface area contributed by atoms with Crippen LogP contribution in [0.1, 0.15) is 51.2 Å². The Labute approximate surface area is 196 Å². The second-order valence-electron chi connectivity index (χ2n) is 8.45. The Morgan fingerprint density at radius 2 is 2.00 bits per heavy atom. The number of amides is 2. The number of fused-ring (bicyclic) bond motifs is 3. The number of nitrogens with zero attached hydrogens (tertiary/aromatic N) is 1. The van der Waals surface area contributed by atoms with Gasteiger partial charge in [0.2, 0.25) is 11.8 Å². The van der Waals surface area contributed by atoms with Crippen LogP contribution >= 0.6 is 22.6 Å². The third-order valence-electron chi connectivity index (χ3n) is 6.82. The van der Waals surface area contributed by atoms with Gasteiger partial charge in [-0.3, -0.25) is 14.5 Å². The molecule has 4 rings (SSSR count). The van der Waals surface area contributed by atoms with E-state index in [9.17, 15) is 19.7 Å². The van der Waals surface area contributed by atoms with Gasteiger partial charge in [0, 0.05) is 6.54 Å². The molecule has 1 aromatic rings. The van der Waals surface area contributed by atoms with Gasteiger partial charge in [0.25, 0.3) is 0 Å². The highest BCUT2D eigenvalue weighted by atomic mass is 127. The van der Waals surface area contributed by atoms with Crippen LogP contribution in [0.25, 0.3) is 0 Å². The molecule has 4 atom stereocenters. The number of phenols is 1. The van der Waals surface area contributed by atoms with Gasteiger partial charge in [-0.05, 0) is 77.4 Å². The molecule has 0 aromatic heterocycles. The second-order valence-corrected chi connectivity index (χ2v) is 9.61. The van der Waals surface area contributed by atoms with Gasteiger partial charge in [-0.2, -0.15) is 0 Å². The zero-order chi connectivity index (χ0) is 22.4. The summed E-state index contributed by atoms with van der Waals surface area (Å²) < 4.78 is 11.9. The molecule has 2 heterocycles. The topological polar surface area (TPSA) is 96.3 Å². The molecule has 166 valence electrons. The Morgan fingerprint density at radius 1 is 1.26 bits per heavy atom. The molecule has 0 bridgehead atoms. The van der Waals surface area contributed by atoms with Crippen molar-refractivity contribution >= 4 is 41.5 Å². The molecule has 2 aliphatic heterocycles. The van der Waals surface area contributed by atoms with E-state index >= 15 is 0 Å². The largest absolute Gasteiger partial charge is 0.504 e. The number of hydrogen-bond donors (Lipinski definition) is 2. The molecule has 0 saturated carbocycles. The van der Waals surface area contributed by atoms with Crippen LogP contribution in [0.4, 0.5) is 0 Å². The number of aromatic hydroxyl groups is 1. The Balaban J connectivity index is 1.73. The van der Waals surface area contributed by atoms with Crippen LogP contribution in [0.15, 0.2) is 23.2 Å². The lowest BCUT2D eigenvalue weighted by Crippen LogP contribution is -2.44. The first kappa shape index (κ1) is 22.6. The minimum atomic E-state index is -1.12. The molecule has 2 saturated heterocycles. The number of rotatable bonds is 5. The monoisotopic (exact) mass is 539 g/mol. The van der Waals surface area contributed by atoms with Crippen LogP contribution in [0.2, 0.25) is 0 Å². The van der Waals surface area contributed by atoms with Crippen molar-refractivity contribution < 1.29 is 29.1 Å². The number of likely N-dealkylation sites (tertiary alicyclic amines) is 1. The van der Waals surface area contributed by atoms with E-state index in [1.54, 1.807) is 12.1 Å². The van der Waals surface area contributed by atoms with Crippen LogP contribution in [0.3, 0.4) is 0 Å². The van der Waals surface area contributed by atoms with Gasteiger partial charge in [-0.1, -0.05) is 19.4 Å². The molecule has 0 radical (unpaired) electrons. The smallest absolute Gasteiger partial charge is 0.487 e. The number of halogens is 1. The van der Waals surface area contributed by atoms with Crippen molar-refractivity contribution in [2.75, 3.05) is 13.7 Å². The molecular formula is C22H27BINO6. The number of carbonyl (C=O) groups excluding carboxylic acids is 2. The highest BCUT2D eigenvalue weighted by Gasteiger charge is 2.57. The van der Waals surface area contributed by atoms with Crippen LogP contribution < -0.4 is 4.74 Å². The number of ether oxygens (including phenoxy) is 1. The number of imide groups is 1. The third-order valence-corrected chi connectivity index (χ3v) is 7.64. The Bertz CT molecular complexity index is 950. The number of allylic oxidation sites excluding steroid dienone is 2. The molecule has 0 spiro atoms. The number of benzene rings is 1. The predicted octanol–water partition coefficient (Wildman–Crippen LogP) is 3.22. The summed E-state index contributed by atoms with van der Waals surface area (Å²) in [6.45, 7) is 4.40. The molecule has 1 aromatic carbocycles.